The van der Waals surface area contributed by atoms with Crippen molar-refractivity contribution >= 4 is 40.1 Å². The first kappa shape index (κ1) is 24.8. The van der Waals surface area contributed by atoms with Crippen molar-refractivity contribution in [3.05, 3.63) is 82.4 Å². The van der Waals surface area contributed by atoms with Crippen molar-refractivity contribution < 1.29 is 19.0 Å². The van der Waals surface area contributed by atoms with Crippen LogP contribution in [-0.2, 0) is 11.2 Å². The van der Waals surface area contributed by atoms with Gasteiger partial charge < -0.3 is 14.2 Å². The third kappa shape index (κ3) is 6.85. The number of nitrogens with zero attached hydrogens (tertiary/aromatic N) is 2. The predicted molar refractivity (Wildman–Crippen MR) is 134 cm³/mol. The van der Waals surface area contributed by atoms with Gasteiger partial charge in [-0.15, -0.1) is 17.9 Å². The molecule has 3 aromatic rings. The van der Waals surface area contributed by atoms with Gasteiger partial charge in [-0.05, 0) is 47.9 Å². The number of amides is 1. The average Bonchev–Trinajstić information content (AvgIpc) is 3.35. The number of carbonyl (C=O) groups excluding carboxylic acids is 1. The Kier molecular flexibility index (Phi) is 9.09. The van der Waals surface area contributed by atoms with Gasteiger partial charge in [0.2, 0.25) is 0 Å². The first-order valence-corrected chi connectivity index (χ1v) is 11.5. The van der Waals surface area contributed by atoms with Gasteiger partial charge in [-0.1, -0.05) is 29.8 Å². The minimum Gasteiger partial charge on any atom is -0.493 e. The number of nitrogens with one attached hydrogen (secondary N) is 1. The molecular weight excluding hydrogens is 474 g/mol. The number of benzene rings is 2. The molecule has 1 heterocycles. The van der Waals surface area contributed by atoms with Crippen molar-refractivity contribution in [3.8, 4) is 23.3 Å². The van der Waals surface area contributed by atoms with E-state index in [0.29, 0.717) is 33.0 Å². The summed E-state index contributed by atoms with van der Waals surface area (Å²) in [6.07, 6.45) is 5.59. The Hall–Kier alpha value is -3.80. The fraction of sp³-hybridized carbons (Fsp3) is 0.160. The van der Waals surface area contributed by atoms with Crippen LogP contribution in [0.15, 0.2) is 66.2 Å². The van der Waals surface area contributed by atoms with Crippen molar-refractivity contribution in [3.63, 3.8) is 0 Å². The van der Waals surface area contributed by atoms with Gasteiger partial charge in [-0.3, -0.25) is 10.1 Å². The zero-order valence-corrected chi connectivity index (χ0v) is 20.0. The minimum absolute atomic E-state index is 0.0682. The first-order chi connectivity index (χ1) is 16.5. The standard InChI is InChI=1S/C25H22ClN3O4S/c1-3-4-17-5-8-22(23(15-17)31-2)33-11-10-32-21-7-6-18(14-20(21)26)13-19(16-27)24(30)29-25-28-9-12-34-25/h3,5-9,12-15H,1,4,10-11H2,2H3,(H,28,29,30)/b19-13-. The Morgan fingerprint density at radius 2 is 1.97 bits per heavy atom. The van der Waals surface area contributed by atoms with Crippen molar-refractivity contribution in [2.75, 3.05) is 25.6 Å². The van der Waals surface area contributed by atoms with Gasteiger partial charge in [0.05, 0.1) is 12.1 Å². The number of rotatable bonds is 11. The summed E-state index contributed by atoms with van der Waals surface area (Å²) in [6.45, 7) is 4.28. The van der Waals surface area contributed by atoms with Gasteiger partial charge in [-0.2, -0.15) is 5.26 Å². The van der Waals surface area contributed by atoms with E-state index in [9.17, 15) is 10.1 Å². The van der Waals surface area contributed by atoms with E-state index in [1.807, 2.05) is 30.3 Å². The molecule has 0 bridgehead atoms. The van der Waals surface area contributed by atoms with Gasteiger partial charge in [0, 0.05) is 11.6 Å². The van der Waals surface area contributed by atoms with E-state index in [0.717, 1.165) is 12.0 Å². The lowest BCUT2D eigenvalue weighted by molar-refractivity contribution is -0.112. The number of ether oxygens (including phenoxy) is 3. The number of aromatic nitrogens is 1. The van der Waals surface area contributed by atoms with E-state index in [2.05, 4.69) is 16.9 Å². The Labute approximate surface area is 206 Å². The van der Waals surface area contributed by atoms with Crippen LogP contribution in [0.1, 0.15) is 11.1 Å². The van der Waals surface area contributed by atoms with Gasteiger partial charge in [0.1, 0.15) is 30.6 Å². The molecule has 3 rings (SSSR count). The molecule has 34 heavy (non-hydrogen) atoms. The maximum Gasteiger partial charge on any atom is 0.268 e. The third-order valence-corrected chi connectivity index (χ3v) is 5.48. The van der Waals surface area contributed by atoms with Crippen LogP contribution in [0.5, 0.6) is 17.2 Å². The van der Waals surface area contributed by atoms with E-state index in [1.54, 1.807) is 36.9 Å². The highest BCUT2D eigenvalue weighted by molar-refractivity contribution is 7.13. The highest BCUT2D eigenvalue weighted by Crippen LogP contribution is 2.29. The number of carbonyl (C=O) groups is 1. The van der Waals surface area contributed by atoms with Gasteiger partial charge in [0.25, 0.3) is 5.91 Å². The molecule has 2 aromatic carbocycles. The SMILES string of the molecule is C=CCc1ccc(OCCOc2ccc(/C=C(/C#N)C(=O)Nc3nccs3)cc2Cl)c(OC)c1. The summed E-state index contributed by atoms with van der Waals surface area (Å²) in [5.74, 6) is 1.17. The first-order valence-electron chi connectivity index (χ1n) is 10.2. The molecule has 0 saturated carbocycles. The number of hydrogen-bond acceptors (Lipinski definition) is 7. The normalized spacial score (nSPS) is 10.8. The van der Waals surface area contributed by atoms with Crippen molar-refractivity contribution in [1.82, 2.24) is 4.98 Å². The second-order valence-electron chi connectivity index (χ2n) is 6.83. The zero-order valence-electron chi connectivity index (χ0n) is 18.4. The van der Waals surface area contributed by atoms with E-state index in [1.165, 1.54) is 17.4 Å². The maximum atomic E-state index is 12.3. The summed E-state index contributed by atoms with van der Waals surface area (Å²) >= 11 is 7.59. The van der Waals surface area contributed by atoms with Gasteiger partial charge in [0.15, 0.2) is 16.6 Å². The summed E-state index contributed by atoms with van der Waals surface area (Å²) < 4.78 is 16.9. The fourth-order valence-electron chi connectivity index (χ4n) is 2.92. The number of anilines is 1. The predicted octanol–water partition coefficient (Wildman–Crippen LogP) is 5.54. The van der Waals surface area contributed by atoms with Crippen LogP contribution in [0.3, 0.4) is 0 Å². The molecule has 0 fully saturated rings. The Balaban J connectivity index is 1.57. The lowest BCUT2D eigenvalue weighted by atomic mass is 10.1. The number of halogens is 1. The Morgan fingerprint density at radius 1 is 1.21 bits per heavy atom. The Bertz CT molecular complexity index is 1220. The molecule has 0 aliphatic rings. The fourth-order valence-corrected chi connectivity index (χ4v) is 3.68. The average molecular weight is 496 g/mol. The van der Waals surface area contributed by atoms with Crippen molar-refractivity contribution in [2.24, 2.45) is 0 Å². The van der Waals surface area contributed by atoms with Gasteiger partial charge >= 0.3 is 0 Å². The van der Waals surface area contributed by atoms with Crippen LogP contribution >= 0.6 is 22.9 Å². The van der Waals surface area contributed by atoms with Gasteiger partial charge in [-0.25, -0.2) is 4.98 Å². The quantitative estimate of drug-likeness (QED) is 0.162. The Morgan fingerprint density at radius 3 is 2.62 bits per heavy atom. The van der Waals surface area contributed by atoms with Crippen LogP contribution in [0.2, 0.25) is 5.02 Å². The van der Waals surface area contributed by atoms with Crippen LogP contribution < -0.4 is 19.5 Å². The number of methoxy groups -OCH3 is 1. The largest absolute Gasteiger partial charge is 0.493 e. The van der Waals surface area contributed by atoms with Crippen LogP contribution in [-0.4, -0.2) is 31.2 Å². The minimum atomic E-state index is -0.543. The lowest BCUT2D eigenvalue weighted by Gasteiger charge is -2.13. The number of hydrogen-bond donors (Lipinski definition) is 1. The molecule has 0 aliphatic heterocycles. The molecule has 0 atom stereocenters. The summed E-state index contributed by atoms with van der Waals surface area (Å²) in [6, 6.07) is 12.6. The zero-order chi connectivity index (χ0) is 24.3. The molecule has 0 spiro atoms. The van der Waals surface area contributed by atoms with Crippen molar-refractivity contribution in [1.29, 1.82) is 5.26 Å². The second kappa shape index (κ2) is 12.4. The summed E-state index contributed by atoms with van der Waals surface area (Å²) in [4.78, 5) is 16.2. The smallest absolute Gasteiger partial charge is 0.268 e. The number of nitriles is 1. The van der Waals surface area contributed by atoms with Crippen LogP contribution in [0.25, 0.3) is 6.08 Å². The topological polar surface area (TPSA) is 93.5 Å². The molecule has 1 aromatic heterocycles. The maximum absolute atomic E-state index is 12.3. The van der Waals surface area contributed by atoms with E-state index in [-0.39, 0.29) is 18.8 Å². The van der Waals surface area contributed by atoms with Crippen LogP contribution in [0, 0.1) is 11.3 Å². The monoisotopic (exact) mass is 495 g/mol. The van der Waals surface area contributed by atoms with E-state index >= 15 is 0 Å². The summed E-state index contributed by atoms with van der Waals surface area (Å²) in [5.41, 5.74) is 1.60. The molecule has 0 radical (unpaired) electrons. The third-order valence-electron chi connectivity index (χ3n) is 4.49. The molecule has 1 N–H and O–H groups in total. The summed E-state index contributed by atoms with van der Waals surface area (Å²) in [7, 11) is 1.59. The second-order valence-corrected chi connectivity index (χ2v) is 8.13. The van der Waals surface area contributed by atoms with E-state index in [4.69, 9.17) is 25.8 Å². The van der Waals surface area contributed by atoms with E-state index < -0.39 is 5.91 Å². The lowest BCUT2D eigenvalue weighted by Crippen LogP contribution is -2.13. The highest BCUT2D eigenvalue weighted by Gasteiger charge is 2.12. The molecule has 0 saturated heterocycles. The van der Waals surface area contributed by atoms with Crippen molar-refractivity contribution in [2.45, 2.75) is 6.42 Å². The molecule has 7 nitrogen and oxygen atoms in total. The summed E-state index contributed by atoms with van der Waals surface area (Å²) in [5, 5.41) is 14.4. The number of allylic oxidation sites excluding steroid dienone is 1. The molecule has 0 aliphatic carbocycles. The molecule has 0 unspecified atom stereocenters. The molecule has 1 amide bonds. The molecular formula is C25H22ClN3O4S. The molecule has 9 heteroatoms. The molecule has 174 valence electrons. The highest BCUT2D eigenvalue weighted by atomic mass is 35.5. The van der Waals surface area contributed by atoms with Crippen LogP contribution in [0.4, 0.5) is 5.13 Å². The number of thiazole rings is 1.